The first-order valence-electron chi connectivity index (χ1n) is 4.03. The molecule has 1 fully saturated rings. The first kappa shape index (κ1) is 8.97. The quantitative estimate of drug-likeness (QED) is 0.598. The van der Waals surface area contributed by atoms with Gasteiger partial charge in [-0.25, -0.2) is 0 Å². The monoisotopic (exact) mass is 160 g/mol. The minimum absolute atomic E-state index is 0.0719. The van der Waals surface area contributed by atoms with Gasteiger partial charge >= 0.3 is 0 Å². The van der Waals surface area contributed by atoms with Gasteiger partial charge in [-0.3, -0.25) is 0 Å². The van der Waals surface area contributed by atoms with Gasteiger partial charge in [-0.05, 0) is 19.8 Å². The van der Waals surface area contributed by atoms with Crippen LogP contribution in [0.25, 0.3) is 0 Å². The standard InChI is InChI=1S/C8H16O3/c1-7-8(11-7,6-10-2)4-3-5-9/h7,9H,3-6H2,1-2H3/t7-,8-/m1/s1. The van der Waals surface area contributed by atoms with Gasteiger partial charge in [0.15, 0.2) is 0 Å². The van der Waals surface area contributed by atoms with Gasteiger partial charge in [-0.15, -0.1) is 0 Å². The average Bonchev–Trinajstić information content (AvgIpc) is 2.59. The number of epoxide rings is 1. The van der Waals surface area contributed by atoms with Gasteiger partial charge in [-0.1, -0.05) is 0 Å². The molecule has 0 aliphatic carbocycles. The van der Waals surface area contributed by atoms with Crippen molar-refractivity contribution in [3.8, 4) is 0 Å². The number of hydrogen-bond donors (Lipinski definition) is 1. The average molecular weight is 160 g/mol. The van der Waals surface area contributed by atoms with Crippen LogP contribution in [-0.4, -0.2) is 37.1 Å². The summed E-state index contributed by atoms with van der Waals surface area (Å²) in [7, 11) is 1.68. The van der Waals surface area contributed by atoms with Crippen molar-refractivity contribution in [2.45, 2.75) is 31.5 Å². The fourth-order valence-electron chi connectivity index (χ4n) is 1.43. The molecule has 0 aromatic carbocycles. The molecule has 66 valence electrons. The Labute approximate surface area is 67.3 Å². The molecule has 1 aliphatic heterocycles. The van der Waals surface area contributed by atoms with Crippen molar-refractivity contribution >= 4 is 0 Å². The van der Waals surface area contributed by atoms with Crippen LogP contribution in [0.3, 0.4) is 0 Å². The highest BCUT2D eigenvalue weighted by atomic mass is 16.6. The lowest BCUT2D eigenvalue weighted by atomic mass is 10.0. The van der Waals surface area contributed by atoms with Crippen molar-refractivity contribution in [1.29, 1.82) is 0 Å². The lowest BCUT2D eigenvalue weighted by molar-refractivity contribution is 0.110. The topological polar surface area (TPSA) is 42.0 Å². The molecule has 3 nitrogen and oxygen atoms in total. The largest absolute Gasteiger partial charge is 0.396 e. The molecule has 0 amide bonds. The zero-order chi connectivity index (χ0) is 8.32. The molecule has 1 N–H and O–H groups in total. The molecule has 0 spiro atoms. The molecule has 0 unspecified atom stereocenters. The fourth-order valence-corrected chi connectivity index (χ4v) is 1.43. The first-order valence-corrected chi connectivity index (χ1v) is 4.03. The molecule has 1 saturated heterocycles. The van der Waals surface area contributed by atoms with Gasteiger partial charge in [0.2, 0.25) is 0 Å². The summed E-state index contributed by atoms with van der Waals surface area (Å²) < 4.78 is 10.4. The molecular formula is C8H16O3. The maximum atomic E-state index is 8.62. The molecule has 0 radical (unpaired) electrons. The maximum absolute atomic E-state index is 8.62. The Morgan fingerprint density at radius 1 is 1.64 bits per heavy atom. The van der Waals surface area contributed by atoms with E-state index in [2.05, 4.69) is 0 Å². The van der Waals surface area contributed by atoms with Crippen LogP contribution in [-0.2, 0) is 9.47 Å². The molecule has 2 atom stereocenters. The van der Waals surface area contributed by atoms with Crippen LogP contribution in [0.2, 0.25) is 0 Å². The van der Waals surface area contributed by atoms with Crippen LogP contribution < -0.4 is 0 Å². The third kappa shape index (κ3) is 1.92. The second-order valence-electron chi connectivity index (χ2n) is 3.09. The van der Waals surface area contributed by atoms with Gasteiger partial charge in [0.05, 0.1) is 12.7 Å². The lowest BCUT2D eigenvalue weighted by Gasteiger charge is -2.09. The molecule has 0 saturated carbocycles. The van der Waals surface area contributed by atoms with Gasteiger partial charge in [0.1, 0.15) is 5.60 Å². The smallest absolute Gasteiger partial charge is 0.118 e. The van der Waals surface area contributed by atoms with Crippen LogP contribution in [0, 0.1) is 0 Å². The molecular weight excluding hydrogens is 144 g/mol. The molecule has 0 aromatic rings. The van der Waals surface area contributed by atoms with E-state index in [1.54, 1.807) is 7.11 Å². The minimum atomic E-state index is -0.0719. The number of aliphatic hydroxyl groups excluding tert-OH is 1. The highest BCUT2D eigenvalue weighted by Gasteiger charge is 2.52. The second kappa shape index (κ2) is 3.52. The third-order valence-electron chi connectivity index (χ3n) is 2.24. The fraction of sp³-hybridized carbons (Fsp3) is 1.00. The van der Waals surface area contributed by atoms with E-state index in [0.717, 1.165) is 12.8 Å². The SMILES string of the molecule is COC[C@@]1(CCCO)O[C@@H]1C. The minimum Gasteiger partial charge on any atom is -0.396 e. The van der Waals surface area contributed by atoms with Crippen molar-refractivity contribution in [2.24, 2.45) is 0 Å². The number of rotatable bonds is 5. The summed E-state index contributed by atoms with van der Waals surface area (Å²) in [5.74, 6) is 0. The second-order valence-corrected chi connectivity index (χ2v) is 3.09. The Hall–Kier alpha value is -0.120. The summed E-state index contributed by atoms with van der Waals surface area (Å²) >= 11 is 0. The molecule has 11 heavy (non-hydrogen) atoms. The van der Waals surface area contributed by atoms with Crippen molar-refractivity contribution in [1.82, 2.24) is 0 Å². The van der Waals surface area contributed by atoms with E-state index in [-0.39, 0.29) is 12.2 Å². The Kier molecular flexibility index (Phi) is 2.87. The zero-order valence-electron chi connectivity index (χ0n) is 7.17. The van der Waals surface area contributed by atoms with Gasteiger partial charge < -0.3 is 14.6 Å². The number of methoxy groups -OCH3 is 1. The summed E-state index contributed by atoms with van der Waals surface area (Å²) in [5.41, 5.74) is -0.0719. The molecule has 3 heteroatoms. The predicted molar refractivity (Wildman–Crippen MR) is 41.5 cm³/mol. The normalized spacial score (nSPS) is 35.7. The van der Waals surface area contributed by atoms with E-state index >= 15 is 0 Å². The summed E-state index contributed by atoms with van der Waals surface area (Å²) in [6.07, 6.45) is 2.00. The molecule has 0 bridgehead atoms. The van der Waals surface area contributed by atoms with Crippen molar-refractivity contribution in [2.75, 3.05) is 20.3 Å². The summed E-state index contributed by atoms with van der Waals surface area (Å²) in [4.78, 5) is 0. The van der Waals surface area contributed by atoms with E-state index < -0.39 is 0 Å². The number of aliphatic hydroxyl groups is 1. The maximum Gasteiger partial charge on any atom is 0.118 e. The third-order valence-corrected chi connectivity index (χ3v) is 2.24. The van der Waals surface area contributed by atoms with E-state index in [1.165, 1.54) is 0 Å². The van der Waals surface area contributed by atoms with Gasteiger partial charge in [0.25, 0.3) is 0 Å². The molecule has 1 aliphatic rings. The van der Waals surface area contributed by atoms with Gasteiger partial charge in [-0.2, -0.15) is 0 Å². The highest BCUT2D eigenvalue weighted by Crippen LogP contribution is 2.40. The van der Waals surface area contributed by atoms with Crippen LogP contribution in [0.4, 0.5) is 0 Å². The zero-order valence-corrected chi connectivity index (χ0v) is 7.17. The van der Waals surface area contributed by atoms with Crippen molar-refractivity contribution < 1.29 is 14.6 Å². The van der Waals surface area contributed by atoms with Gasteiger partial charge in [0, 0.05) is 13.7 Å². The molecule has 0 aromatic heterocycles. The first-order chi connectivity index (χ1) is 5.25. The Morgan fingerprint density at radius 2 is 2.27 bits per heavy atom. The Balaban J connectivity index is 2.25. The van der Waals surface area contributed by atoms with Crippen LogP contribution >= 0.6 is 0 Å². The molecule has 1 heterocycles. The van der Waals surface area contributed by atoms with Crippen molar-refractivity contribution in [3.63, 3.8) is 0 Å². The van der Waals surface area contributed by atoms with Crippen LogP contribution in [0.1, 0.15) is 19.8 Å². The van der Waals surface area contributed by atoms with Crippen LogP contribution in [0.5, 0.6) is 0 Å². The van der Waals surface area contributed by atoms with Crippen LogP contribution in [0.15, 0.2) is 0 Å². The Morgan fingerprint density at radius 3 is 2.64 bits per heavy atom. The molecule has 1 rings (SSSR count). The summed E-state index contributed by atoms with van der Waals surface area (Å²) in [5, 5.41) is 8.62. The lowest BCUT2D eigenvalue weighted by Crippen LogP contribution is -2.21. The Bertz CT molecular complexity index is 127. The summed E-state index contributed by atoms with van der Waals surface area (Å²) in [6, 6.07) is 0. The van der Waals surface area contributed by atoms with E-state index in [9.17, 15) is 0 Å². The van der Waals surface area contributed by atoms with E-state index in [0.29, 0.717) is 12.7 Å². The number of ether oxygens (including phenoxy) is 2. The highest BCUT2D eigenvalue weighted by molar-refractivity contribution is 4.99. The van der Waals surface area contributed by atoms with E-state index in [4.69, 9.17) is 14.6 Å². The predicted octanol–water partition coefficient (Wildman–Crippen LogP) is 0.563. The van der Waals surface area contributed by atoms with Crippen molar-refractivity contribution in [3.05, 3.63) is 0 Å². The van der Waals surface area contributed by atoms with E-state index in [1.807, 2.05) is 6.92 Å². The summed E-state index contributed by atoms with van der Waals surface area (Å²) in [6.45, 7) is 2.92. The number of hydrogen-bond acceptors (Lipinski definition) is 3.